The summed E-state index contributed by atoms with van der Waals surface area (Å²) in [5, 5.41) is 4.22. The van der Waals surface area contributed by atoms with Crippen molar-refractivity contribution in [3.05, 3.63) is 0 Å². The van der Waals surface area contributed by atoms with E-state index in [4.69, 9.17) is 0 Å². The predicted octanol–water partition coefficient (Wildman–Crippen LogP) is 3.35. The number of amides is 1. The lowest BCUT2D eigenvalue weighted by Gasteiger charge is -2.32. The van der Waals surface area contributed by atoms with Gasteiger partial charge in [-0.1, -0.05) is 36.7 Å². The van der Waals surface area contributed by atoms with E-state index in [9.17, 15) is 4.79 Å². The summed E-state index contributed by atoms with van der Waals surface area (Å²) in [6.45, 7) is 6.60. The summed E-state index contributed by atoms with van der Waals surface area (Å²) in [5.41, 5.74) is 0.144. The lowest BCUT2D eigenvalue weighted by Crippen LogP contribution is -2.46. The van der Waals surface area contributed by atoms with Crippen LogP contribution in [0, 0.1) is 23.2 Å². The summed E-state index contributed by atoms with van der Waals surface area (Å²) in [4.78, 5) is 12.2. The third-order valence-electron chi connectivity index (χ3n) is 4.37. The molecule has 2 rings (SSSR count). The molecule has 2 aliphatic rings. The molecule has 0 heterocycles. The first kappa shape index (κ1) is 13.4. The zero-order chi connectivity index (χ0) is 12.6. The second-order valence-corrected chi connectivity index (χ2v) is 7.62. The Hall–Kier alpha value is -0.0500. The number of carbonyl (C=O) groups excluding carboxylic acids is 1. The van der Waals surface area contributed by atoms with Gasteiger partial charge in [0.15, 0.2) is 0 Å². The van der Waals surface area contributed by atoms with E-state index in [-0.39, 0.29) is 11.5 Å². The second kappa shape index (κ2) is 4.91. The number of rotatable bonds is 4. The van der Waals surface area contributed by atoms with Crippen LogP contribution in [0.2, 0.25) is 0 Å². The number of halogens is 1. The van der Waals surface area contributed by atoms with Crippen LogP contribution in [-0.4, -0.2) is 17.3 Å². The molecule has 1 amide bonds. The van der Waals surface area contributed by atoms with Crippen molar-refractivity contribution in [1.29, 1.82) is 0 Å². The van der Waals surface area contributed by atoms with Gasteiger partial charge >= 0.3 is 0 Å². The fourth-order valence-corrected chi connectivity index (χ4v) is 3.51. The molecule has 2 nitrogen and oxygen atoms in total. The molecule has 0 aromatic heterocycles. The Labute approximate surface area is 113 Å². The van der Waals surface area contributed by atoms with Gasteiger partial charge in [0, 0.05) is 17.3 Å². The van der Waals surface area contributed by atoms with Crippen LogP contribution in [0.25, 0.3) is 0 Å². The predicted molar refractivity (Wildman–Crippen MR) is 74.1 cm³/mol. The van der Waals surface area contributed by atoms with Crippen LogP contribution in [-0.2, 0) is 4.79 Å². The molecule has 17 heavy (non-hydrogen) atoms. The molecule has 0 spiro atoms. The lowest BCUT2D eigenvalue weighted by molar-refractivity contribution is -0.126. The van der Waals surface area contributed by atoms with Gasteiger partial charge in [-0.15, -0.1) is 0 Å². The first-order valence-electron chi connectivity index (χ1n) is 6.78. The normalized spacial score (nSPS) is 33.1. The molecule has 1 N–H and O–H groups in total. The molecule has 0 aromatic carbocycles. The van der Waals surface area contributed by atoms with Crippen LogP contribution >= 0.6 is 15.9 Å². The van der Waals surface area contributed by atoms with Gasteiger partial charge in [0.25, 0.3) is 0 Å². The second-order valence-electron chi connectivity index (χ2n) is 6.83. The minimum Gasteiger partial charge on any atom is -0.353 e. The molecule has 0 radical (unpaired) electrons. The summed E-state index contributed by atoms with van der Waals surface area (Å²) in [5.74, 6) is 2.38. The van der Waals surface area contributed by atoms with Gasteiger partial charge in [-0.3, -0.25) is 4.79 Å². The van der Waals surface area contributed by atoms with Crippen LogP contribution in [0.15, 0.2) is 0 Å². The highest BCUT2D eigenvalue weighted by Crippen LogP contribution is 2.54. The van der Waals surface area contributed by atoms with Gasteiger partial charge in [0.2, 0.25) is 5.91 Å². The van der Waals surface area contributed by atoms with Crippen LogP contribution in [0.1, 0.15) is 46.5 Å². The highest BCUT2D eigenvalue weighted by molar-refractivity contribution is 9.09. The van der Waals surface area contributed by atoms with E-state index in [1.807, 2.05) is 0 Å². The minimum absolute atomic E-state index is 0.144. The van der Waals surface area contributed by atoms with E-state index in [1.54, 1.807) is 0 Å². The third kappa shape index (κ3) is 3.24. The first-order valence-corrected chi connectivity index (χ1v) is 7.90. The van der Waals surface area contributed by atoms with E-state index in [2.05, 4.69) is 42.0 Å². The molecule has 2 saturated carbocycles. The van der Waals surface area contributed by atoms with Gasteiger partial charge in [-0.05, 0) is 42.9 Å². The Balaban J connectivity index is 1.86. The molecule has 0 aliphatic heterocycles. The topological polar surface area (TPSA) is 29.1 Å². The Kier molecular flexibility index (Phi) is 3.86. The molecule has 2 fully saturated rings. The van der Waals surface area contributed by atoms with Gasteiger partial charge in [0.05, 0.1) is 0 Å². The summed E-state index contributed by atoms with van der Waals surface area (Å²) in [6.07, 6.45) is 4.67. The van der Waals surface area contributed by atoms with Crippen molar-refractivity contribution >= 4 is 21.8 Å². The van der Waals surface area contributed by atoms with Crippen molar-refractivity contribution in [3.8, 4) is 0 Å². The number of alkyl halides is 1. The minimum atomic E-state index is 0.144. The lowest BCUT2D eigenvalue weighted by atomic mass is 9.84. The van der Waals surface area contributed by atoms with Crippen molar-refractivity contribution in [2.24, 2.45) is 23.2 Å². The van der Waals surface area contributed by atoms with E-state index in [0.29, 0.717) is 11.8 Å². The smallest absolute Gasteiger partial charge is 0.223 e. The summed E-state index contributed by atoms with van der Waals surface area (Å²) >= 11 is 3.48. The van der Waals surface area contributed by atoms with E-state index >= 15 is 0 Å². The van der Waals surface area contributed by atoms with Crippen molar-refractivity contribution in [2.45, 2.75) is 52.5 Å². The maximum Gasteiger partial charge on any atom is 0.223 e. The maximum absolute atomic E-state index is 12.2. The Morgan fingerprint density at radius 2 is 1.88 bits per heavy atom. The first-order chi connectivity index (χ1) is 7.91. The molecular formula is C14H24BrNO. The standard InChI is InChI=1S/C14H24BrNO/c1-14(2,3)12(4-5-15)16-13(17)11-7-9-6-10(9)8-11/h9-12H,4-8H2,1-3H3,(H,16,17). The highest BCUT2D eigenvalue weighted by atomic mass is 79.9. The van der Waals surface area contributed by atoms with Crippen molar-refractivity contribution in [1.82, 2.24) is 5.32 Å². The quantitative estimate of drug-likeness (QED) is 0.793. The SMILES string of the molecule is CC(C)(C)C(CCBr)NC(=O)C1CC2CC2C1. The molecule has 0 bridgehead atoms. The molecule has 3 atom stereocenters. The number of hydrogen-bond acceptors (Lipinski definition) is 1. The summed E-state index contributed by atoms with van der Waals surface area (Å²) in [7, 11) is 0. The molecule has 3 unspecified atom stereocenters. The summed E-state index contributed by atoms with van der Waals surface area (Å²) in [6, 6.07) is 0.284. The van der Waals surface area contributed by atoms with Gasteiger partial charge < -0.3 is 5.32 Å². The number of carbonyl (C=O) groups is 1. The maximum atomic E-state index is 12.2. The van der Waals surface area contributed by atoms with Gasteiger partial charge in [0.1, 0.15) is 0 Å². The Morgan fingerprint density at radius 1 is 1.29 bits per heavy atom. The van der Waals surface area contributed by atoms with E-state index in [0.717, 1.165) is 36.4 Å². The van der Waals surface area contributed by atoms with Crippen molar-refractivity contribution in [3.63, 3.8) is 0 Å². The zero-order valence-electron chi connectivity index (χ0n) is 11.1. The van der Waals surface area contributed by atoms with Crippen molar-refractivity contribution in [2.75, 3.05) is 5.33 Å². The molecular weight excluding hydrogens is 278 g/mol. The number of hydrogen-bond donors (Lipinski definition) is 1. The number of nitrogens with one attached hydrogen (secondary N) is 1. The third-order valence-corrected chi connectivity index (χ3v) is 4.83. The van der Waals surface area contributed by atoms with Gasteiger partial charge in [-0.2, -0.15) is 0 Å². The van der Waals surface area contributed by atoms with Crippen LogP contribution in [0.3, 0.4) is 0 Å². The number of fused-ring (bicyclic) bond motifs is 1. The molecule has 2 aliphatic carbocycles. The molecule has 0 saturated heterocycles. The fraction of sp³-hybridized carbons (Fsp3) is 0.929. The average molecular weight is 302 g/mol. The van der Waals surface area contributed by atoms with Gasteiger partial charge in [-0.25, -0.2) is 0 Å². The largest absolute Gasteiger partial charge is 0.353 e. The Morgan fingerprint density at radius 3 is 2.35 bits per heavy atom. The monoisotopic (exact) mass is 301 g/mol. The Bertz CT molecular complexity index is 287. The van der Waals surface area contributed by atoms with Crippen LogP contribution < -0.4 is 5.32 Å². The fourth-order valence-electron chi connectivity index (χ4n) is 3.05. The molecule has 3 heteroatoms. The highest BCUT2D eigenvalue weighted by Gasteiger charge is 2.48. The summed E-state index contributed by atoms with van der Waals surface area (Å²) < 4.78 is 0. The average Bonchev–Trinajstić information content (AvgIpc) is 2.83. The van der Waals surface area contributed by atoms with Crippen LogP contribution in [0.5, 0.6) is 0 Å². The molecule has 0 aromatic rings. The zero-order valence-corrected chi connectivity index (χ0v) is 12.7. The molecule has 98 valence electrons. The van der Waals surface area contributed by atoms with E-state index < -0.39 is 0 Å². The van der Waals surface area contributed by atoms with Crippen LogP contribution in [0.4, 0.5) is 0 Å². The van der Waals surface area contributed by atoms with Crippen molar-refractivity contribution < 1.29 is 4.79 Å². The van der Waals surface area contributed by atoms with E-state index in [1.165, 1.54) is 6.42 Å².